The molecular formula is C31H36N4O4S. The Hall–Kier alpha value is -3.95. The van der Waals surface area contributed by atoms with Gasteiger partial charge in [0, 0.05) is 50.2 Å². The number of anilines is 1. The van der Waals surface area contributed by atoms with Crippen molar-refractivity contribution in [3.63, 3.8) is 0 Å². The molecular weight excluding hydrogens is 524 g/mol. The second-order valence-electron chi connectivity index (χ2n) is 10.2. The molecule has 1 heterocycles. The van der Waals surface area contributed by atoms with Gasteiger partial charge in [-0.25, -0.2) is 8.42 Å². The van der Waals surface area contributed by atoms with E-state index in [0.29, 0.717) is 42.4 Å². The van der Waals surface area contributed by atoms with Crippen LogP contribution in [0.5, 0.6) is 5.75 Å². The van der Waals surface area contributed by atoms with Crippen molar-refractivity contribution in [2.45, 2.75) is 20.4 Å². The van der Waals surface area contributed by atoms with Crippen LogP contribution in [0.4, 0.5) is 5.69 Å². The summed E-state index contributed by atoms with van der Waals surface area (Å²) in [5.74, 6) is 1.30. The average Bonchev–Trinajstić information content (AvgIpc) is 2.94. The lowest BCUT2D eigenvalue weighted by molar-refractivity contribution is 0.0628. The molecule has 1 fully saturated rings. The van der Waals surface area contributed by atoms with E-state index in [1.807, 2.05) is 17.0 Å². The fourth-order valence-electron chi connectivity index (χ4n) is 4.42. The molecule has 9 heteroatoms. The third-order valence-electron chi connectivity index (χ3n) is 6.55. The van der Waals surface area contributed by atoms with E-state index in [2.05, 4.69) is 53.8 Å². The number of hydrogen-bond donors (Lipinski definition) is 1. The molecule has 8 nitrogen and oxygen atoms in total. The van der Waals surface area contributed by atoms with E-state index in [-0.39, 0.29) is 16.5 Å². The highest BCUT2D eigenvalue weighted by Gasteiger charge is 2.26. The second kappa shape index (κ2) is 12.9. The van der Waals surface area contributed by atoms with E-state index in [1.54, 1.807) is 36.4 Å². The van der Waals surface area contributed by atoms with Crippen LogP contribution in [0, 0.1) is 5.92 Å². The molecule has 0 aromatic heterocycles. The predicted octanol–water partition coefficient (Wildman–Crippen LogP) is 5.02. The fourth-order valence-corrected chi connectivity index (χ4v) is 5.67. The Morgan fingerprint density at radius 3 is 2.38 bits per heavy atom. The minimum atomic E-state index is -3.92. The largest absolute Gasteiger partial charge is 0.493 e. The Morgan fingerprint density at radius 2 is 1.75 bits per heavy atom. The van der Waals surface area contributed by atoms with E-state index in [4.69, 9.17) is 4.74 Å². The van der Waals surface area contributed by atoms with Crippen LogP contribution >= 0.6 is 0 Å². The molecule has 0 atom stereocenters. The number of rotatable bonds is 10. The molecule has 1 saturated heterocycles. The summed E-state index contributed by atoms with van der Waals surface area (Å²) in [6.07, 6.45) is 6.04. The lowest BCUT2D eigenvalue weighted by Gasteiger charge is -2.34. The Bertz CT molecular complexity index is 1430. The molecule has 4 rings (SSSR count). The van der Waals surface area contributed by atoms with Crippen LogP contribution in [0.2, 0.25) is 0 Å². The first-order valence-electron chi connectivity index (χ1n) is 13.3. The number of nitrogens with zero attached hydrogens (tertiary/aromatic N) is 3. The Kier molecular flexibility index (Phi) is 9.39. The Balaban J connectivity index is 1.30. The van der Waals surface area contributed by atoms with Crippen LogP contribution in [-0.2, 0) is 16.6 Å². The van der Waals surface area contributed by atoms with Crippen molar-refractivity contribution in [1.82, 2.24) is 9.80 Å². The summed E-state index contributed by atoms with van der Waals surface area (Å²) < 4.78 is 34.4. The standard InChI is InChI=1S/C31H36N4O4S/c1-5-32-30-24(4)7-6-8-29(30)40(37,38)33-27-13-11-26(12-14-27)31(36)35-19-17-34(18-20-35)21-25-9-15-28(16-10-25)39-22-23(2)3/h5-16,23,33H,1,4,17-22H2,2-3H3. The maximum absolute atomic E-state index is 13.1. The molecule has 0 spiro atoms. The molecule has 0 radical (unpaired) electrons. The summed E-state index contributed by atoms with van der Waals surface area (Å²) in [5, 5.41) is 0. The van der Waals surface area contributed by atoms with Crippen molar-refractivity contribution in [3.8, 4) is 5.75 Å². The molecule has 2 aromatic carbocycles. The van der Waals surface area contributed by atoms with Gasteiger partial charge in [0.25, 0.3) is 15.9 Å². The number of benzene rings is 2. The normalized spacial score (nSPS) is 17.2. The number of aliphatic imine (C=N–C) groups is 1. The minimum absolute atomic E-state index is 0.00771. The number of nitrogens with one attached hydrogen (secondary N) is 1. The van der Waals surface area contributed by atoms with Crippen LogP contribution in [0.15, 0.2) is 102 Å². The lowest BCUT2D eigenvalue weighted by Crippen LogP contribution is -2.48. The SMILES string of the molecule is C=CN=C1C(=C)C=CC=C1S(=O)(=O)Nc1ccc(C(=O)N2CCN(Cc3ccc(OCC(C)C)cc3)CC2)cc1. The van der Waals surface area contributed by atoms with Crippen molar-refractivity contribution in [2.75, 3.05) is 37.5 Å². The number of piperazine rings is 1. The molecule has 0 bridgehead atoms. The molecule has 0 saturated carbocycles. The van der Waals surface area contributed by atoms with Gasteiger partial charge in [0.05, 0.1) is 12.3 Å². The molecule has 0 unspecified atom stereocenters. The summed E-state index contributed by atoms with van der Waals surface area (Å²) >= 11 is 0. The van der Waals surface area contributed by atoms with Gasteiger partial charge in [-0.1, -0.05) is 51.3 Å². The summed E-state index contributed by atoms with van der Waals surface area (Å²) in [5.41, 5.74) is 2.79. The van der Waals surface area contributed by atoms with E-state index in [9.17, 15) is 13.2 Å². The van der Waals surface area contributed by atoms with Gasteiger partial charge in [-0.3, -0.25) is 19.4 Å². The summed E-state index contributed by atoms with van der Waals surface area (Å²) in [6.45, 7) is 16.0. The van der Waals surface area contributed by atoms with Gasteiger partial charge in [0.15, 0.2) is 0 Å². The highest BCUT2D eigenvalue weighted by molar-refractivity contribution is 7.97. The van der Waals surface area contributed by atoms with Crippen LogP contribution in [-0.4, -0.2) is 62.6 Å². The van der Waals surface area contributed by atoms with Gasteiger partial charge in [-0.15, -0.1) is 0 Å². The highest BCUT2D eigenvalue weighted by atomic mass is 32.2. The molecule has 2 aliphatic rings. The fraction of sp³-hybridized carbons (Fsp3) is 0.290. The van der Waals surface area contributed by atoms with Crippen LogP contribution in [0.3, 0.4) is 0 Å². The lowest BCUT2D eigenvalue weighted by atomic mass is 10.1. The number of carbonyl (C=O) groups excluding carboxylic acids is 1. The molecule has 1 amide bonds. The van der Waals surface area contributed by atoms with Crippen LogP contribution < -0.4 is 9.46 Å². The summed E-state index contributed by atoms with van der Waals surface area (Å²) in [6, 6.07) is 14.7. The third-order valence-corrected chi connectivity index (χ3v) is 7.96. The Morgan fingerprint density at radius 1 is 1.07 bits per heavy atom. The first-order chi connectivity index (χ1) is 19.2. The van der Waals surface area contributed by atoms with Gasteiger partial charge in [-0.2, -0.15) is 0 Å². The van der Waals surface area contributed by atoms with Crippen LogP contribution in [0.25, 0.3) is 0 Å². The predicted molar refractivity (Wildman–Crippen MR) is 161 cm³/mol. The first kappa shape index (κ1) is 29.0. The average molecular weight is 561 g/mol. The number of hydrogen-bond acceptors (Lipinski definition) is 6. The zero-order chi connectivity index (χ0) is 28.7. The quantitative estimate of drug-likeness (QED) is 0.441. The van der Waals surface area contributed by atoms with E-state index >= 15 is 0 Å². The van der Waals surface area contributed by atoms with Crippen molar-refractivity contribution in [2.24, 2.45) is 10.9 Å². The van der Waals surface area contributed by atoms with Gasteiger partial charge >= 0.3 is 0 Å². The maximum Gasteiger partial charge on any atom is 0.264 e. The minimum Gasteiger partial charge on any atom is -0.493 e. The van der Waals surface area contributed by atoms with Gasteiger partial charge in [0.2, 0.25) is 0 Å². The number of sulfonamides is 1. The monoisotopic (exact) mass is 560 g/mol. The van der Waals surface area contributed by atoms with Gasteiger partial charge < -0.3 is 9.64 Å². The third kappa shape index (κ3) is 7.37. The van der Waals surface area contributed by atoms with Crippen molar-refractivity contribution in [1.29, 1.82) is 0 Å². The topological polar surface area (TPSA) is 91.3 Å². The molecule has 1 aliphatic carbocycles. The van der Waals surface area contributed by atoms with Gasteiger partial charge in [0.1, 0.15) is 10.7 Å². The Labute approximate surface area is 237 Å². The van der Waals surface area contributed by atoms with E-state index in [1.165, 1.54) is 17.8 Å². The molecule has 1 aliphatic heterocycles. The molecule has 2 aromatic rings. The molecule has 1 N–H and O–H groups in total. The summed E-state index contributed by atoms with van der Waals surface area (Å²) in [4.78, 5) is 21.4. The zero-order valence-electron chi connectivity index (χ0n) is 23.0. The van der Waals surface area contributed by atoms with Crippen molar-refractivity contribution in [3.05, 3.63) is 108 Å². The van der Waals surface area contributed by atoms with Gasteiger partial charge in [-0.05, 0) is 59.5 Å². The second-order valence-corrected chi connectivity index (χ2v) is 11.8. The van der Waals surface area contributed by atoms with Crippen molar-refractivity contribution >= 4 is 27.3 Å². The smallest absolute Gasteiger partial charge is 0.264 e. The highest BCUT2D eigenvalue weighted by Crippen LogP contribution is 2.23. The number of carbonyl (C=O) groups is 1. The molecule has 40 heavy (non-hydrogen) atoms. The zero-order valence-corrected chi connectivity index (χ0v) is 23.9. The maximum atomic E-state index is 13.1. The van der Waals surface area contributed by atoms with E-state index < -0.39 is 10.0 Å². The number of amides is 1. The summed E-state index contributed by atoms with van der Waals surface area (Å²) in [7, 11) is -3.92. The first-order valence-corrected chi connectivity index (χ1v) is 14.8. The van der Waals surface area contributed by atoms with Crippen molar-refractivity contribution < 1.29 is 17.9 Å². The van der Waals surface area contributed by atoms with E-state index in [0.717, 1.165) is 25.4 Å². The number of allylic oxidation sites excluding steroid dienone is 5. The number of ether oxygens (including phenoxy) is 1. The molecule has 210 valence electrons. The van der Waals surface area contributed by atoms with Crippen LogP contribution in [0.1, 0.15) is 29.8 Å².